The van der Waals surface area contributed by atoms with Crippen LogP contribution in [0.5, 0.6) is 0 Å². The van der Waals surface area contributed by atoms with Crippen LogP contribution in [0.2, 0.25) is 10.0 Å². The summed E-state index contributed by atoms with van der Waals surface area (Å²) in [5, 5.41) is 1.45. The number of hydrogen-bond donors (Lipinski definition) is 2. The van der Waals surface area contributed by atoms with E-state index in [0.717, 1.165) is 42.9 Å². The van der Waals surface area contributed by atoms with Crippen LogP contribution in [0, 0.1) is 5.92 Å². The van der Waals surface area contributed by atoms with Crippen LogP contribution in [0.25, 0.3) is 0 Å². The number of benzene rings is 1. The van der Waals surface area contributed by atoms with Gasteiger partial charge in [0, 0.05) is 22.7 Å². The van der Waals surface area contributed by atoms with Gasteiger partial charge in [-0.3, -0.25) is 11.3 Å². The number of nitrogens with one attached hydrogen (secondary N) is 1. The summed E-state index contributed by atoms with van der Waals surface area (Å²) in [6.45, 7) is 2.84. The molecule has 0 radical (unpaired) electrons. The van der Waals surface area contributed by atoms with Crippen molar-refractivity contribution in [2.45, 2.75) is 44.8 Å². The summed E-state index contributed by atoms with van der Waals surface area (Å²) in [5.74, 6) is 6.36. The Morgan fingerprint density at radius 3 is 2.80 bits per heavy atom. The molecule has 3 nitrogen and oxygen atoms in total. The Hall–Kier alpha value is -0.320. The van der Waals surface area contributed by atoms with E-state index in [0.29, 0.717) is 17.0 Å². The number of hydrazine groups is 1. The Morgan fingerprint density at radius 1 is 1.40 bits per heavy atom. The van der Waals surface area contributed by atoms with Gasteiger partial charge >= 0.3 is 0 Å². The molecule has 1 fully saturated rings. The topological polar surface area (TPSA) is 47.3 Å². The minimum absolute atomic E-state index is 0.221. The second-order valence-corrected chi connectivity index (χ2v) is 6.30. The monoisotopic (exact) mass is 316 g/mol. The van der Waals surface area contributed by atoms with Gasteiger partial charge in [0.05, 0.1) is 6.10 Å². The van der Waals surface area contributed by atoms with Crippen LogP contribution in [-0.4, -0.2) is 18.8 Å². The van der Waals surface area contributed by atoms with Crippen LogP contribution in [0.3, 0.4) is 0 Å². The van der Waals surface area contributed by atoms with Crippen molar-refractivity contribution >= 4 is 23.2 Å². The Labute approximate surface area is 130 Å². The SMILES string of the molecule is CCOC1CC(CC(Cc2cc(Cl)ccc2Cl)NN)C1. The molecule has 5 heteroatoms. The third-order valence-electron chi connectivity index (χ3n) is 3.92. The van der Waals surface area contributed by atoms with E-state index in [1.54, 1.807) is 6.07 Å². The molecule has 3 N–H and O–H groups in total. The predicted octanol–water partition coefficient (Wildman–Crippen LogP) is 3.57. The summed E-state index contributed by atoms with van der Waals surface area (Å²) < 4.78 is 5.59. The average molecular weight is 317 g/mol. The van der Waals surface area contributed by atoms with Gasteiger partial charge in [0.15, 0.2) is 0 Å². The van der Waals surface area contributed by atoms with Crippen molar-refractivity contribution < 1.29 is 4.74 Å². The first-order valence-electron chi connectivity index (χ1n) is 7.14. The largest absolute Gasteiger partial charge is 0.378 e. The number of hydrogen-bond acceptors (Lipinski definition) is 3. The molecule has 0 saturated heterocycles. The molecule has 1 aromatic rings. The lowest BCUT2D eigenvalue weighted by atomic mass is 9.77. The molecule has 2 rings (SSSR count). The van der Waals surface area contributed by atoms with E-state index in [4.69, 9.17) is 33.8 Å². The molecule has 112 valence electrons. The van der Waals surface area contributed by atoms with Gasteiger partial charge in [0.2, 0.25) is 0 Å². The summed E-state index contributed by atoms with van der Waals surface area (Å²) in [5.41, 5.74) is 3.94. The molecule has 1 atom stereocenters. The molecule has 0 heterocycles. The Balaban J connectivity index is 1.85. The maximum Gasteiger partial charge on any atom is 0.0580 e. The molecule has 0 bridgehead atoms. The smallest absolute Gasteiger partial charge is 0.0580 e. The first-order valence-corrected chi connectivity index (χ1v) is 7.89. The fourth-order valence-electron chi connectivity index (χ4n) is 2.82. The molecule has 20 heavy (non-hydrogen) atoms. The van der Waals surface area contributed by atoms with Crippen molar-refractivity contribution in [2.75, 3.05) is 6.61 Å². The standard InChI is InChI=1S/C15H22Cl2N2O/c1-2-20-14-6-10(7-14)5-13(19-18)9-11-8-12(16)3-4-15(11)17/h3-4,8,10,13-14,19H,2,5-7,9,18H2,1H3. The van der Waals surface area contributed by atoms with Gasteiger partial charge in [0.1, 0.15) is 0 Å². The maximum atomic E-state index is 6.20. The predicted molar refractivity (Wildman–Crippen MR) is 84.0 cm³/mol. The fourth-order valence-corrected chi connectivity index (χ4v) is 3.21. The molecule has 0 aliphatic heterocycles. The van der Waals surface area contributed by atoms with Gasteiger partial charge in [-0.15, -0.1) is 0 Å². The van der Waals surface area contributed by atoms with Crippen LogP contribution < -0.4 is 11.3 Å². The third-order valence-corrected chi connectivity index (χ3v) is 4.53. The Kier molecular flexibility index (Phi) is 6.12. The second kappa shape index (κ2) is 7.62. The fraction of sp³-hybridized carbons (Fsp3) is 0.600. The zero-order chi connectivity index (χ0) is 14.5. The molecule has 1 aromatic carbocycles. The van der Waals surface area contributed by atoms with Gasteiger partial charge in [-0.25, -0.2) is 0 Å². The zero-order valence-corrected chi connectivity index (χ0v) is 13.3. The summed E-state index contributed by atoms with van der Waals surface area (Å²) in [4.78, 5) is 0. The molecule has 1 saturated carbocycles. The second-order valence-electron chi connectivity index (χ2n) is 5.45. The Bertz CT molecular complexity index is 436. The van der Waals surface area contributed by atoms with Crippen molar-refractivity contribution in [1.82, 2.24) is 5.43 Å². The van der Waals surface area contributed by atoms with Gasteiger partial charge < -0.3 is 4.74 Å². The maximum absolute atomic E-state index is 6.20. The zero-order valence-electron chi connectivity index (χ0n) is 11.7. The van der Waals surface area contributed by atoms with Crippen molar-refractivity contribution in [3.63, 3.8) is 0 Å². The van der Waals surface area contributed by atoms with Crippen molar-refractivity contribution in [2.24, 2.45) is 11.8 Å². The minimum Gasteiger partial charge on any atom is -0.378 e. The summed E-state index contributed by atoms with van der Waals surface area (Å²) in [7, 11) is 0. The van der Waals surface area contributed by atoms with E-state index < -0.39 is 0 Å². The van der Waals surface area contributed by atoms with Crippen molar-refractivity contribution in [3.05, 3.63) is 33.8 Å². The molecule has 0 spiro atoms. The molecule has 1 aliphatic rings. The van der Waals surface area contributed by atoms with Crippen LogP contribution in [-0.2, 0) is 11.2 Å². The normalized spacial score (nSPS) is 23.4. The van der Waals surface area contributed by atoms with Crippen LogP contribution in [0.15, 0.2) is 18.2 Å². The summed E-state index contributed by atoms with van der Waals surface area (Å²) >= 11 is 12.2. The van der Waals surface area contributed by atoms with Crippen LogP contribution in [0.1, 0.15) is 31.7 Å². The molecule has 0 aromatic heterocycles. The number of nitrogens with two attached hydrogens (primary N) is 1. The van der Waals surface area contributed by atoms with Gasteiger partial charge in [0.25, 0.3) is 0 Å². The van der Waals surface area contributed by atoms with E-state index in [-0.39, 0.29) is 6.04 Å². The first-order chi connectivity index (χ1) is 9.62. The number of ether oxygens (including phenoxy) is 1. The quantitative estimate of drug-likeness (QED) is 0.597. The molecule has 1 unspecified atom stereocenters. The van der Waals surface area contributed by atoms with E-state index in [1.807, 2.05) is 19.1 Å². The van der Waals surface area contributed by atoms with Gasteiger partial charge in [-0.05, 0) is 62.3 Å². The van der Waals surface area contributed by atoms with Crippen molar-refractivity contribution in [3.8, 4) is 0 Å². The highest BCUT2D eigenvalue weighted by Gasteiger charge is 2.31. The summed E-state index contributed by atoms with van der Waals surface area (Å²) in [6.07, 6.45) is 4.55. The first kappa shape index (κ1) is 16.1. The van der Waals surface area contributed by atoms with Crippen LogP contribution in [0.4, 0.5) is 0 Å². The van der Waals surface area contributed by atoms with Crippen LogP contribution >= 0.6 is 23.2 Å². The highest BCUT2D eigenvalue weighted by atomic mass is 35.5. The molecule has 1 aliphatic carbocycles. The van der Waals surface area contributed by atoms with E-state index in [1.165, 1.54) is 0 Å². The summed E-state index contributed by atoms with van der Waals surface area (Å²) in [6, 6.07) is 5.77. The lowest BCUT2D eigenvalue weighted by Gasteiger charge is -2.37. The highest BCUT2D eigenvalue weighted by Crippen LogP contribution is 2.34. The number of halogens is 2. The molecular formula is C15H22Cl2N2O. The number of rotatable bonds is 7. The van der Waals surface area contributed by atoms with Crippen molar-refractivity contribution in [1.29, 1.82) is 0 Å². The van der Waals surface area contributed by atoms with Gasteiger partial charge in [-0.1, -0.05) is 23.2 Å². The highest BCUT2D eigenvalue weighted by molar-refractivity contribution is 6.33. The minimum atomic E-state index is 0.221. The van der Waals surface area contributed by atoms with E-state index >= 15 is 0 Å². The lowest BCUT2D eigenvalue weighted by Crippen LogP contribution is -2.42. The molecular weight excluding hydrogens is 295 g/mol. The average Bonchev–Trinajstić information content (AvgIpc) is 2.39. The third kappa shape index (κ3) is 4.34. The molecule has 0 amide bonds. The van der Waals surface area contributed by atoms with E-state index in [9.17, 15) is 0 Å². The Morgan fingerprint density at radius 2 is 2.15 bits per heavy atom. The lowest BCUT2D eigenvalue weighted by molar-refractivity contribution is -0.0290. The van der Waals surface area contributed by atoms with Gasteiger partial charge in [-0.2, -0.15) is 0 Å². The van der Waals surface area contributed by atoms with E-state index in [2.05, 4.69) is 5.43 Å².